The Morgan fingerprint density at radius 1 is 1.62 bits per heavy atom. The van der Waals surface area contributed by atoms with Gasteiger partial charge < -0.3 is 5.32 Å². The number of alkyl halides is 2. The fraction of sp³-hybridized carbons (Fsp3) is 0.714. The fourth-order valence-corrected chi connectivity index (χ4v) is 1.22. The molecular formula is C7H12F2N4. The summed E-state index contributed by atoms with van der Waals surface area (Å²) < 4.78 is 27.3. The van der Waals surface area contributed by atoms with Crippen molar-refractivity contribution in [2.45, 2.75) is 18.9 Å². The minimum atomic E-state index is -2.83. The lowest BCUT2D eigenvalue weighted by molar-refractivity contribution is -0.0194. The van der Waals surface area contributed by atoms with Crippen molar-refractivity contribution in [2.75, 3.05) is 7.05 Å². The summed E-state index contributed by atoms with van der Waals surface area (Å²) in [6, 6.07) is -1.05. The monoisotopic (exact) mass is 190 g/mol. The summed E-state index contributed by atoms with van der Waals surface area (Å²) in [5, 5.41) is 9.67. The molecule has 1 N–H and O–H groups in total. The molecule has 4 nitrogen and oxygen atoms in total. The summed E-state index contributed by atoms with van der Waals surface area (Å²) in [5.41, 5.74) is 0.370. The third kappa shape index (κ3) is 2.00. The van der Waals surface area contributed by atoms with Gasteiger partial charge in [-0.15, -0.1) is 5.10 Å². The molecule has 1 atom stereocenters. The molecule has 0 amide bonds. The van der Waals surface area contributed by atoms with Crippen molar-refractivity contribution < 1.29 is 8.78 Å². The maximum absolute atomic E-state index is 13.0. The van der Waals surface area contributed by atoms with Gasteiger partial charge in [0.2, 0.25) is 0 Å². The molecule has 0 aliphatic rings. The van der Waals surface area contributed by atoms with Crippen LogP contribution in [0.5, 0.6) is 0 Å². The Balaban J connectivity index is 2.98. The molecule has 1 heterocycles. The van der Waals surface area contributed by atoms with Crippen molar-refractivity contribution in [3.05, 3.63) is 11.9 Å². The van der Waals surface area contributed by atoms with E-state index in [9.17, 15) is 8.78 Å². The number of hydrogen-bond donors (Lipinski definition) is 1. The molecule has 1 aromatic rings. The molecule has 0 aliphatic carbocycles. The molecule has 13 heavy (non-hydrogen) atoms. The van der Waals surface area contributed by atoms with Gasteiger partial charge >= 0.3 is 0 Å². The largest absolute Gasteiger partial charge is 0.307 e. The van der Waals surface area contributed by atoms with E-state index in [1.54, 1.807) is 7.05 Å². The Morgan fingerprint density at radius 2 is 2.23 bits per heavy atom. The summed E-state index contributed by atoms with van der Waals surface area (Å²) >= 11 is 0. The zero-order valence-corrected chi connectivity index (χ0v) is 7.75. The van der Waals surface area contributed by atoms with E-state index in [-0.39, 0.29) is 0 Å². The Kier molecular flexibility index (Phi) is 2.60. The molecule has 1 aromatic heterocycles. The molecule has 0 saturated heterocycles. The topological polar surface area (TPSA) is 42.7 Å². The van der Waals surface area contributed by atoms with Crippen molar-refractivity contribution in [1.82, 2.24) is 20.3 Å². The van der Waals surface area contributed by atoms with E-state index in [2.05, 4.69) is 15.6 Å². The van der Waals surface area contributed by atoms with Gasteiger partial charge in [0.25, 0.3) is 5.92 Å². The summed E-state index contributed by atoms with van der Waals surface area (Å²) in [7, 11) is 3.06. The lowest BCUT2D eigenvalue weighted by Gasteiger charge is -2.22. The van der Waals surface area contributed by atoms with Gasteiger partial charge in [0, 0.05) is 14.0 Å². The number of aromatic nitrogens is 3. The first-order chi connectivity index (χ1) is 5.96. The summed E-state index contributed by atoms with van der Waals surface area (Å²) in [6.45, 7) is 0.862. The van der Waals surface area contributed by atoms with E-state index >= 15 is 0 Å². The lowest BCUT2D eigenvalue weighted by atomic mass is 10.1. The highest BCUT2D eigenvalue weighted by Crippen LogP contribution is 2.29. The van der Waals surface area contributed by atoms with Gasteiger partial charge in [-0.25, -0.2) is 8.78 Å². The molecule has 1 unspecified atom stereocenters. The zero-order chi connectivity index (χ0) is 10.1. The highest BCUT2D eigenvalue weighted by Gasteiger charge is 2.36. The van der Waals surface area contributed by atoms with Crippen LogP contribution in [0.2, 0.25) is 0 Å². The molecule has 0 bridgehead atoms. The maximum atomic E-state index is 13.0. The minimum absolute atomic E-state index is 0.370. The third-order valence-corrected chi connectivity index (χ3v) is 1.84. The predicted molar refractivity (Wildman–Crippen MR) is 43.4 cm³/mol. The number of halogens is 2. The molecule has 0 aliphatic heterocycles. The van der Waals surface area contributed by atoms with E-state index in [4.69, 9.17) is 0 Å². The van der Waals surface area contributed by atoms with Crippen molar-refractivity contribution in [1.29, 1.82) is 0 Å². The van der Waals surface area contributed by atoms with Gasteiger partial charge in [-0.3, -0.25) is 4.68 Å². The molecule has 74 valence electrons. The van der Waals surface area contributed by atoms with E-state index < -0.39 is 12.0 Å². The van der Waals surface area contributed by atoms with Gasteiger partial charge in [0.15, 0.2) is 0 Å². The Morgan fingerprint density at radius 3 is 2.54 bits per heavy atom. The summed E-state index contributed by atoms with van der Waals surface area (Å²) in [5.74, 6) is -2.83. The molecular weight excluding hydrogens is 178 g/mol. The molecule has 0 fully saturated rings. The molecule has 6 heteroatoms. The fourth-order valence-electron chi connectivity index (χ4n) is 1.22. The molecule has 0 aromatic carbocycles. The maximum Gasteiger partial charge on any atom is 0.266 e. The van der Waals surface area contributed by atoms with Crippen LogP contribution in [-0.4, -0.2) is 28.0 Å². The summed E-state index contributed by atoms with van der Waals surface area (Å²) in [4.78, 5) is 0. The van der Waals surface area contributed by atoms with E-state index in [1.807, 2.05) is 0 Å². The Labute approximate surface area is 74.9 Å². The SMILES string of the molecule is CNC(c1cnnn1C)C(C)(F)F. The van der Waals surface area contributed by atoms with Crippen molar-refractivity contribution in [3.8, 4) is 0 Å². The van der Waals surface area contributed by atoms with Crippen LogP contribution >= 0.6 is 0 Å². The van der Waals surface area contributed by atoms with Gasteiger partial charge in [0.05, 0.1) is 11.9 Å². The molecule has 0 radical (unpaired) electrons. The highest BCUT2D eigenvalue weighted by atomic mass is 19.3. The van der Waals surface area contributed by atoms with Crippen LogP contribution in [0.1, 0.15) is 18.7 Å². The van der Waals surface area contributed by atoms with Crippen LogP contribution in [0.15, 0.2) is 6.20 Å². The molecule has 1 rings (SSSR count). The second-order valence-electron chi connectivity index (χ2n) is 2.96. The normalized spacial score (nSPS) is 14.5. The van der Waals surface area contributed by atoms with Crippen LogP contribution in [0.3, 0.4) is 0 Å². The lowest BCUT2D eigenvalue weighted by Crippen LogP contribution is -2.34. The average molecular weight is 190 g/mol. The second kappa shape index (κ2) is 3.37. The number of nitrogens with one attached hydrogen (secondary N) is 1. The van der Waals surface area contributed by atoms with Gasteiger partial charge in [-0.2, -0.15) is 0 Å². The number of aryl methyl sites for hydroxylation is 1. The zero-order valence-electron chi connectivity index (χ0n) is 7.75. The predicted octanol–water partition coefficient (Wildman–Crippen LogP) is 0.731. The van der Waals surface area contributed by atoms with Crippen LogP contribution in [0.4, 0.5) is 8.78 Å². The highest BCUT2D eigenvalue weighted by molar-refractivity contribution is 5.05. The first-order valence-electron chi connectivity index (χ1n) is 3.86. The van der Waals surface area contributed by atoms with Crippen LogP contribution in [0.25, 0.3) is 0 Å². The van der Waals surface area contributed by atoms with E-state index in [1.165, 1.54) is 17.9 Å². The van der Waals surface area contributed by atoms with Crippen LogP contribution < -0.4 is 5.32 Å². The Bertz CT molecular complexity index is 278. The van der Waals surface area contributed by atoms with Crippen LogP contribution in [-0.2, 0) is 7.05 Å². The number of rotatable bonds is 3. The van der Waals surface area contributed by atoms with Gasteiger partial charge in [-0.1, -0.05) is 5.21 Å². The first kappa shape index (κ1) is 10.0. The van der Waals surface area contributed by atoms with Crippen LogP contribution in [0, 0.1) is 0 Å². The second-order valence-corrected chi connectivity index (χ2v) is 2.96. The van der Waals surface area contributed by atoms with Gasteiger partial charge in [0.1, 0.15) is 6.04 Å². The minimum Gasteiger partial charge on any atom is -0.307 e. The van der Waals surface area contributed by atoms with Crippen molar-refractivity contribution in [2.24, 2.45) is 7.05 Å². The van der Waals surface area contributed by atoms with Crippen molar-refractivity contribution >= 4 is 0 Å². The van der Waals surface area contributed by atoms with Crippen molar-refractivity contribution in [3.63, 3.8) is 0 Å². The number of nitrogens with zero attached hydrogens (tertiary/aromatic N) is 3. The van der Waals surface area contributed by atoms with E-state index in [0.717, 1.165) is 6.92 Å². The quantitative estimate of drug-likeness (QED) is 0.764. The third-order valence-electron chi connectivity index (χ3n) is 1.84. The van der Waals surface area contributed by atoms with Gasteiger partial charge in [-0.05, 0) is 7.05 Å². The molecule has 0 spiro atoms. The van der Waals surface area contributed by atoms with E-state index in [0.29, 0.717) is 5.69 Å². The number of hydrogen-bond acceptors (Lipinski definition) is 3. The smallest absolute Gasteiger partial charge is 0.266 e. The standard InChI is InChI=1S/C7H12F2N4/c1-7(8,9)6(10-2)5-4-11-12-13(5)3/h4,6,10H,1-3H3. The average Bonchev–Trinajstić information content (AvgIpc) is 2.35. The summed E-state index contributed by atoms with van der Waals surface area (Å²) in [6.07, 6.45) is 1.33. The molecule has 0 saturated carbocycles. The first-order valence-corrected chi connectivity index (χ1v) is 3.86. The Hall–Kier alpha value is -1.04.